The van der Waals surface area contributed by atoms with Crippen LogP contribution in [0.1, 0.15) is 5.56 Å². The van der Waals surface area contributed by atoms with Gasteiger partial charge in [-0.2, -0.15) is 0 Å². The van der Waals surface area contributed by atoms with Gasteiger partial charge in [-0.25, -0.2) is 0 Å². The number of hydrogen-bond acceptors (Lipinski definition) is 5. The Hall–Kier alpha value is -1.28. The van der Waals surface area contributed by atoms with E-state index in [1.807, 2.05) is 0 Å². The molecule has 0 aromatic heterocycles. The summed E-state index contributed by atoms with van der Waals surface area (Å²) in [4.78, 5) is 10.4. The number of phenolic OH excluding ortho intramolecular Hbond substituents is 3. The Balaban J connectivity index is 0.000000263. The molecule has 0 unspecified atom stereocenters. The largest absolute Gasteiger partial charge is 0.505 e. The molecule has 142 valence electrons. The lowest BCUT2D eigenvalue weighted by Gasteiger charge is -2.06. The molecule has 0 aliphatic heterocycles. The number of hydrogen-bond donors (Lipinski definition) is 5. The molecule has 1 atom stereocenters. The van der Waals surface area contributed by atoms with E-state index in [1.54, 1.807) is 0 Å². The average Bonchev–Trinajstić information content (AvgIpc) is 2.60. The zero-order chi connectivity index (χ0) is 20.2. The molecule has 0 amide bonds. The van der Waals surface area contributed by atoms with E-state index in [2.05, 4.69) is 0 Å². The summed E-state index contributed by atoms with van der Waals surface area (Å²) < 4.78 is 0. The van der Waals surface area contributed by atoms with E-state index in [0.29, 0.717) is 5.56 Å². The van der Waals surface area contributed by atoms with Gasteiger partial charge in [-0.05, 0) is 24.1 Å². The van der Waals surface area contributed by atoms with Gasteiger partial charge in [0.25, 0.3) is 0 Å². The number of benzene rings is 2. The molecule has 2 rings (SSSR count). The maximum absolute atomic E-state index is 10.4. The van der Waals surface area contributed by atoms with Crippen LogP contribution in [-0.2, 0) is 11.2 Å². The van der Waals surface area contributed by atoms with Crippen molar-refractivity contribution in [2.24, 2.45) is 5.73 Å². The van der Waals surface area contributed by atoms with Crippen molar-refractivity contribution in [2.75, 3.05) is 0 Å². The van der Waals surface area contributed by atoms with Gasteiger partial charge in [0, 0.05) is 0 Å². The molecule has 2 aromatic carbocycles. The summed E-state index contributed by atoms with van der Waals surface area (Å²) in [7, 11) is 0. The highest BCUT2D eigenvalue weighted by Gasteiger charge is 2.18. The van der Waals surface area contributed by atoms with Crippen LogP contribution in [0.5, 0.6) is 17.2 Å². The molecule has 11 heteroatoms. The molecule has 2 aromatic rings. The first kappa shape index (κ1) is 22.8. The third-order valence-corrected chi connectivity index (χ3v) is 5.26. The standard InChI is InChI=1S/C9H11NO4.C6HCl5O/c10-6(9(13)14)3-5-1-2-7(11)8(12)4-5;7-1-2(8)4(10)6(12)5(11)3(1)9/h1-2,4,6,11-12H,3,10H2,(H,13,14);12H/t6-;/m0./s1. The minimum atomic E-state index is -1.10. The van der Waals surface area contributed by atoms with E-state index < -0.39 is 12.0 Å². The number of aromatic hydroxyl groups is 3. The van der Waals surface area contributed by atoms with Gasteiger partial charge in [0.2, 0.25) is 0 Å². The first-order chi connectivity index (χ1) is 12.0. The predicted octanol–water partition coefficient (Wildman–Crippen LogP) is 4.71. The van der Waals surface area contributed by atoms with Crippen molar-refractivity contribution < 1.29 is 25.2 Å². The number of carboxylic acid groups (broad SMARTS) is 1. The normalized spacial score (nSPS) is 11.5. The Bertz CT molecular complexity index is 726. The van der Waals surface area contributed by atoms with Gasteiger partial charge in [-0.3, -0.25) is 4.79 Å². The van der Waals surface area contributed by atoms with Crippen LogP contribution in [0.4, 0.5) is 0 Å². The van der Waals surface area contributed by atoms with Crippen molar-refractivity contribution >= 4 is 64.0 Å². The third kappa shape index (κ3) is 5.61. The summed E-state index contributed by atoms with van der Waals surface area (Å²) in [5, 5.41) is 35.6. The molecule has 0 saturated heterocycles. The van der Waals surface area contributed by atoms with Crippen molar-refractivity contribution in [3.63, 3.8) is 0 Å². The Kier molecular flexibility index (Phi) is 8.40. The topological polar surface area (TPSA) is 124 Å². The van der Waals surface area contributed by atoms with E-state index in [9.17, 15) is 9.90 Å². The summed E-state index contributed by atoms with van der Waals surface area (Å²) in [5.74, 6) is -1.98. The number of aliphatic carboxylic acids is 1. The maximum atomic E-state index is 10.4. The van der Waals surface area contributed by atoms with E-state index in [4.69, 9.17) is 79.1 Å². The maximum Gasteiger partial charge on any atom is 0.320 e. The van der Waals surface area contributed by atoms with Crippen LogP contribution in [0.3, 0.4) is 0 Å². The van der Waals surface area contributed by atoms with Crippen molar-refractivity contribution in [2.45, 2.75) is 12.5 Å². The van der Waals surface area contributed by atoms with Crippen LogP contribution < -0.4 is 5.73 Å². The lowest BCUT2D eigenvalue weighted by molar-refractivity contribution is -0.138. The highest BCUT2D eigenvalue weighted by molar-refractivity contribution is 6.55. The average molecular weight is 464 g/mol. The van der Waals surface area contributed by atoms with Gasteiger partial charge >= 0.3 is 5.97 Å². The molecule has 6 N–H and O–H groups in total. The summed E-state index contributed by atoms with van der Waals surface area (Å²) in [6, 6.07) is 3.09. The molecule has 0 spiro atoms. The molecular formula is C15H12Cl5NO5. The second-order valence-electron chi connectivity index (χ2n) is 4.89. The Labute approximate surface area is 173 Å². The highest BCUT2D eigenvalue weighted by Crippen LogP contribution is 2.47. The van der Waals surface area contributed by atoms with Crippen molar-refractivity contribution in [3.8, 4) is 17.2 Å². The fourth-order valence-electron chi connectivity index (χ4n) is 1.63. The smallest absolute Gasteiger partial charge is 0.320 e. The van der Waals surface area contributed by atoms with E-state index >= 15 is 0 Å². The van der Waals surface area contributed by atoms with Crippen molar-refractivity contribution in [1.29, 1.82) is 0 Å². The lowest BCUT2D eigenvalue weighted by atomic mass is 10.1. The summed E-state index contributed by atoms with van der Waals surface area (Å²) in [5.41, 5.74) is 5.86. The number of halogens is 5. The van der Waals surface area contributed by atoms with Gasteiger partial charge in [-0.15, -0.1) is 0 Å². The number of carboxylic acids is 1. The fraction of sp³-hybridized carbons (Fsp3) is 0.133. The molecule has 0 radical (unpaired) electrons. The molecule has 0 aliphatic rings. The summed E-state index contributed by atoms with van der Waals surface area (Å²) >= 11 is 27.9. The van der Waals surface area contributed by atoms with Crippen LogP contribution in [0.25, 0.3) is 0 Å². The predicted molar refractivity (Wildman–Crippen MR) is 102 cm³/mol. The second kappa shape index (κ2) is 9.60. The number of rotatable bonds is 3. The fourth-order valence-corrected chi connectivity index (χ4v) is 2.76. The zero-order valence-electron chi connectivity index (χ0n) is 12.7. The first-order valence-electron chi connectivity index (χ1n) is 6.67. The minimum absolute atomic E-state index is 0.00904. The number of nitrogens with two attached hydrogens (primary N) is 1. The lowest BCUT2D eigenvalue weighted by Crippen LogP contribution is -2.32. The molecule has 0 fully saturated rings. The minimum Gasteiger partial charge on any atom is -0.505 e. The summed E-state index contributed by atoms with van der Waals surface area (Å²) in [6.45, 7) is 0. The van der Waals surface area contributed by atoms with E-state index in [1.165, 1.54) is 18.2 Å². The molecule has 0 bridgehead atoms. The van der Waals surface area contributed by atoms with Crippen LogP contribution >= 0.6 is 58.0 Å². The van der Waals surface area contributed by atoms with Gasteiger partial charge in [-0.1, -0.05) is 64.1 Å². The summed E-state index contributed by atoms with van der Waals surface area (Å²) in [6.07, 6.45) is 0.114. The highest BCUT2D eigenvalue weighted by atomic mass is 35.5. The Morgan fingerprint density at radius 2 is 1.35 bits per heavy atom. The van der Waals surface area contributed by atoms with Crippen molar-refractivity contribution in [3.05, 3.63) is 48.9 Å². The van der Waals surface area contributed by atoms with E-state index in [-0.39, 0.29) is 48.8 Å². The molecule has 0 heterocycles. The molecule has 26 heavy (non-hydrogen) atoms. The zero-order valence-corrected chi connectivity index (χ0v) is 16.5. The van der Waals surface area contributed by atoms with Crippen LogP contribution in [0.2, 0.25) is 25.1 Å². The van der Waals surface area contributed by atoms with Crippen LogP contribution in [0, 0.1) is 0 Å². The van der Waals surface area contributed by atoms with Crippen molar-refractivity contribution in [1.82, 2.24) is 0 Å². The molecule has 0 saturated carbocycles. The second-order valence-corrected chi connectivity index (χ2v) is 6.78. The van der Waals surface area contributed by atoms with E-state index in [0.717, 1.165) is 0 Å². The number of carbonyl (C=O) groups is 1. The first-order valence-corrected chi connectivity index (χ1v) is 8.56. The van der Waals surface area contributed by atoms with Crippen LogP contribution in [0.15, 0.2) is 18.2 Å². The quantitative estimate of drug-likeness (QED) is 0.255. The van der Waals surface area contributed by atoms with Gasteiger partial charge in [0.15, 0.2) is 17.2 Å². The molecule has 6 nitrogen and oxygen atoms in total. The Morgan fingerprint density at radius 1 is 0.885 bits per heavy atom. The van der Waals surface area contributed by atoms with Gasteiger partial charge in [0.05, 0.1) is 15.1 Å². The van der Waals surface area contributed by atoms with Gasteiger partial charge in [0.1, 0.15) is 16.1 Å². The molecular weight excluding hydrogens is 451 g/mol. The monoisotopic (exact) mass is 461 g/mol. The SMILES string of the molecule is N[C@@H](Cc1ccc(O)c(O)c1)C(=O)O.Oc1c(Cl)c(Cl)c(Cl)c(Cl)c1Cl. The Morgan fingerprint density at radius 3 is 1.77 bits per heavy atom. The number of phenols is 3. The van der Waals surface area contributed by atoms with Crippen LogP contribution in [-0.4, -0.2) is 32.4 Å². The molecule has 0 aliphatic carbocycles. The van der Waals surface area contributed by atoms with Gasteiger partial charge < -0.3 is 26.2 Å². The third-order valence-electron chi connectivity index (χ3n) is 3.00.